The molecule has 0 aromatic carbocycles. The van der Waals surface area contributed by atoms with Gasteiger partial charge >= 0.3 is 0 Å². The highest BCUT2D eigenvalue weighted by atomic mass is 16.6. The van der Waals surface area contributed by atoms with E-state index in [0.717, 1.165) is 32.7 Å². The molecular weight excluding hydrogens is 230 g/mol. The molecule has 4 nitrogen and oxygen atoms in total. The van der Waals surface area contributed by atoms with E-state index in [4.69, 9.17) is 9.47 Å². The van der Waals surface area contributed by atoms with Crippen molar-refractivity contribution in [2.24, 2.45) is 0 Å². The maximum absolute atomic E-state index is 12.1. The highest BCUT2D eigenvalue weighted by Crippen LogP contribution is 2.17. The average molecular weight is 255 g/mol. The van der Waals surface area contributed by atoms with Gasteiger partial charge in [0.25, 0.3) is 0 Å². The van der Waals surface area contributed by atoms with Crippen molar-refractivity contribution in [2.75, 3.05) is 26.3 Å². The van der Waals surface area contributed by atoms with Crippen molar-refractivity contribution in [1.29, 1.82) is 0 Å². The van der Waals surface area contributed by atoms with Crippen molar-refractivity contribution in [3.63, 3.8) is 0 Å². The van der Waals surface area contributed by atoms with Gasteiger partial charge in [0.15, 0.2) is 0 Å². The molecule has 2 heterocycles. The van der Waals surface area contributed by atoms with Crippen LogP contribution >= 0.6 is 0 Å². The maximum Gasteiger partial charge on any atom is 0.222 e. The van der Waals surface area contributed by atoms with Crippen LogP contribution in [-0.2, 0) is 14.3 Å². The Labute approximate surface area is 110 Å². The van der Waals surface area contributed by atoms with E-state index >= 15 is 0 Å². The first kappa shape index (κ1) is 13.8. The van der Waals surface area contributed by atoms with E-state index in [1.54, 1.807) is 0 Å². The Kier molecular flexibility index (Phi) is 5.45. The molecule has 0 aliphatic carbocycles. The lowest BCUT2D eigenvalue weighted by Gasteiger charge is -2.21. The molecule has 0 spiro atoms. The number of carbonyl (C=O) groups excluding carboxylic acids is 1. The summed E-state index contributed by atoms with van der Waals surface area (Å²) in [5.41, 5.74) is 0. The van der Waals surface area contributed by atoms with E-state index in [9.17, 15) is 4.79 Å². The van der Waals surface area contributed by atoms with Gasteiger partial charge in [-0.2, -0.15) is 0 Å². The molecule has 0 aromatic rings. The summed E-state index contributed by atoms with van der Waals surface area (Å²) < 4.78 is 10.4. The van der Waals surface area contributed by atoms with Crippen molar-refractivity contribution in [3.8, 4) is 0 Å². The van der Waals surface area contributed by atoms with E-state index in [1.165, 1.54) is 25.7 Å². The Morgan fingerprint density at radius 3 is 2.11 bits per heavy atom. The first-order chi connectivity index (χ1) is 8.79. The number of unbranched alkanes of at least 4 members (excludes halogenated alkanes) is 4. The topological polar surface area (TPSA) is 45.4 Å². The van der Waals surface area contributed by atoms with Crippen molar-refractivity contribution in [3.05, 3.63) is 0 Å². The Morgan fingerprint density at radius 1 is 1.06 bits per heavy atom. The molecule has 4 heteroatoms. The van der Waals surface area contributed by atoms with Crippen LogP contribution in [0, 0.1) is 0 Å². The molecule has 2 atom stereocenters. The molecule has 2 saturated heterocycles. The number of rotatable bonds is 10. The second-order valence-corrected chi connectivity index (χ2v) is 5.37. The largest absolute Gasteiger partial charge is 0.371 e. The Morgan fingerprint density at radius 2 is 1.61 bits per heavy atom. The second-order valence-electron chi connectivity index (χ2n) is 5.37. The van der Waals surface area contributed by atoms with E-state index in [2.05, 4.69) is 6.92 Å². The van der Waals surface area contributed by atoms with E-state index in [0.29, 0.717) is 6.42 Å². The van der Waals surface area contributed by atoms with Gasteiger partial charge in [-0.15, -0.1) is 0 Å². The van der Waals surface area contributed by atoms with Crippen molar-refractivity contribution in [2.45, 2.75) is 57.7 Å². The third-order valence-electron chi connectivity index (χ3n) is 3.50. The van der Waals surface area contributed by atoms with Gasteiger partial charge in [0, 0.05) is 19.5 Å². The summed E-state index contributed by atoms with van der Waals surface area (Å²) in [4.78, 5) is 14.1. The fourth-order valence-electron chi connectivity index (χ4n) is 2.15. The van der Waals surface area contributed by atoms with Gasteiger partial charge < -0.3 is 14.4 Å². The zero-order valence-electron chi connectivity index (χ0n) is 11.4. The van der Waals surface area contributed by atoms with Crippen LogP contribution in [0.15, 0.2) is 0 Å². The number of ether oxygens (including phenoxy) is 2. The van der Waals surface area contributed by atoms with Crippen LogP contribution in [0.2, 0.25) is 0 Å². The summed E-state index contributed by atoms with van der Waals surface area (Å²) in [6.07, 6.45) is 7.23. The van der Waals surface area contributed by atoms with Gasteiger partial charge in [-0.1, -0.05) is 32.6 Å². The predicted octanol–water partition coefficient (Wildman–Crippen LogP) is 1.97. The monoisotopic (exact) mass is 255 g/mol. The van der Waals surface area contributed by atoms with Gasteiger partial charge in [0.2, 0.25) is 5.91 Å². The summed E-state index contributed by atoms with van der Waals surface area (Å²) in [7, 11) is 0. The molecule has 2 aliphatic heterocycles. The van der Waals surface area contributed by atoms with Crippen LogP contribution in [0.5, 0.6) is 0 Å². The molecule has 18 heavy (non-hydrogen) atoms. The minimum atomic E-state index is 0.275. The van der Waals surface area contributed by atoms with Crippen molar-refractivity contribution >= 4 is 5.91 Å². The number of hydrogen-bond acceptors (Lipinski definition) is 3. The fourth-order valence-corrected chi connectivity index (χ4v) is 2.15. The Balaban J connectivity index is 1.62. The molecule has 1 amide bonds. The summed E-state index contributed by atoms with van der Waals surface area (Å²) >= 11 is 0. The Hall–Kier alpha value is -0.610. The molecular formula is C14H25NO3. The normalized spacial score (nSPS) is 24.9. The zero-order chi connectivity index (χ0) is 12.8. The third-order valence-corrected chi connectivity index (χ3v) is 3.50. The van der Waals surface area contributed by atoms with Crippen molar-refractivity contribution in [1.82, 2.24) is 4.90 Å². The van der Waals surface area contributed by atoms with Crippen LogP contribution in [-0.4, -0.2) is 49.3 Å². The standard InChI is InChI=1S/C14H25NO3/c1-2-3-4-5-6-7-14(16)15(8-12-10-17-12)9-13-11-18-13/h12-13H,2-11H2,1H3. The van der Waals surface area contributed by atoms with Gasteiger partial charge in [0.05, 0.1) is 25.4 Å². The molecule has 104 valence electrons. The smallest absolute Gasteiger partial charge is 0.222 e. The number of amides is 1. The quantitative estimate of drug-likeness (QED) is 0.443. The molecule has 0 saturated carbocycles. The first-order valence-corrected chi connectivity index (χ1v) is 7.30. The first-order valence-electron chi connectivity index (χ1n) is 7.30. The fraction of sp³-hybridized carbons (Fsp3) is 0.929. The molecule has 2 fully saturated rings. The molecule has 0 aromatic heterocycles. The number of epoxide rings is 2. The van der Waals surface area contributed by atoms with Gasteiger partial charge in [0.1, 0.15) is 0 Å². The van der Waals surface area contributed by atoms with Crippen LogP contribution in [0.25, 0.3) is 0 Å². The zero-order valence-corrected chi connectivity index (χ0v) is 11.4. The van der Waals surface area contributed by atoms with Crippen LogP contribution in [0.3, 0.4) is 0 Å². The van der Waals surface area contributed by atoms with Gasteiger partial charge in [-0.3, -0.25) is 4.79 Å². The highest BCUT2D eigenvalue weighted by Gasteiger charge is 2.32. The molecule has 2 unspecified atom stereocenters. The Bertz CT molecular complexity index is 248. The molecule has 0 radical (unpaired) electrons. The molecule has 0 bridgehead atoms. The van der Waals surface area contributed by atoms with E-state index in [1.807, 2.05) is 4.90 Å². The summed E-state index contributed by atoms with van der Waals surface area (Å²) in [5, 5.41) is 0. The average Bonchev–Trinajstić information content (AvgIpc) is 3.22. The van der Waals surface area contributed by atoms with Crippen LogP contribution < -0.4 is 0 Å². The van der Waals surface area contributed by atoms with E-state index in [-0.39, 0.29) is 18.1 Å². The second kappa shape index (κ2) is 7.10. The lowest BCUT2D eigenvalue weighted by atomic mass is 10.1. The van der Waals surface area contributed by atoms with Gasteiger partial charge in [-0.25, -0.2) is 0 Å². The lowest BCUT2D eigenvalue weighted by molar-refractivity contribution is -0.131. The SMILES string of the molecule is CCCCCCCC(=O)N(CC1CO1)CC1CO1. The molecule has 0 N–H and O–H groups in total. The van der Waals surface area contributed by atoms with Crippen LogP contribution in [0.1, 0.15) is 45.4 Å². The predicted molar refractivity (Wildman–Crippen MR) is 69.4 cm³/mol. The number of carbonyl (C=O) groups is 1. The molecule has 2 rings (SSSR count). The molecule has 2 aliphatic rings. The maximum atomic E-state index is 12.1. The number of nitrogens with zero attached hydrogens (tertiary/aromatic N) is 1. The lowest BCUT2D eigenvalue weighted by Crippen LogP contribution is -2.37. The van der Waals surface area contributed by atoms with E-state index < -0.39 is 0 Å². The van der Waals surface area contributed by atoms with Crippen molar-refractivity contribution < 1.29 is 14.3 Å². The summed E-state index contributed by atoms with van der Waals surface area (Å²) in [5.74, 6) is 0.275. The summed E-state index contributed by atoms with van der Waals surface area (Å²) in [6, 6.07) is 0. The minimum Gasteiger partial charge on any atom is -0.371 e. The van der Waals surface area contributed by atoms with Crippen LogP contribution in [0.4, 0.5) is 0 Å². The third kappa shape index (κ3) is 5.36. The minimum absolute atomic E-state index is 0.275. The number of hydrogen-bond donors (Lipinski definition) is 0. The summed E-state index contributed by atoms with van der Waals surface area (Å²) in [6.45, 7) is 5.34. The highest BCUT2D eigenvalue weighted by molar-refractivity contribution is 5.76. The van der Waals surface area contributed by atoms with Gasteiger partial charge in [-0.05, 0) is 6.42 Å².